The van der Waals surface area contributed by atoms with Crippen LogP contribution in [0.4, 0.5) is 8.78 Å². The number of aromatic amines is 1. The summed E-state index contributed by atoms with van der Waals surface area (Å²) in [5, 5.41) is 2.81. The Bertz CT molecular complexity index is 619. The van der Waals surface area contributed by atoms with Gasteiger partial charge in [-0.1, -0.05) is 12.1 Å². The van der Waals surface area contributed by atoms with Gasteiger partial charge >= 0.3 is 0 Å². The van der Waals surface area contributed by atoms with Gasteiger partial charge in [-0.2, -0.15) is 0 Å². The summed E-state index contributed by atoms with van der Waals surface area (Å²) in [5.74, 6) is -0.0330. The molecule has 1 N–H and O–H groups in total. The van der Waals surface area contributed by atoms with Gasteiger partial charge < -0.3 is 0 Å². The lowest BCUT2D eigenvalue weighted by Gasteiger charge is -2.12. The number of halogens is 2. The van der Waals surface area contributed by atoms with E-state index in [9.17, 15) is 8.78 Å². The fourth-order valence-corrected chi connectivity index (χ4v) is 2.40. The standard InChI is InChI=1S/C11H9F2N3S/c12-7-3-1-2-6(4-7)9-5-8(13)10-14-11(17)15-16(9)10/h1-4,8-9H,5H2,(H,15,17). The van der Waals surface area contributed by atoms with Crippen LogP contribution in [0.15, 0.2) is 24.3 Å². The zero-order valence-corrected chi connectivity index (χ0v) is 9.55. The monoisotopic (exact) mass is 253 g/mol. The number of fused-ring (bicyclic) bond motifs is 1. The van der Waals surface area contributed by atoms with E-state index in [4.69, 9.17) is 12.2 Å². The maximum atomic E-state index is 13.7. The van der Waals surface area contributed by atoms with Crippen molar-refractivity contribution in [2.75, 3.05) is 0 Å². The van der Waals surface area contributed by atoms with Crippen LogP contribution < -0.4 is 0 Å². The molecule has 0 fully saturated rings. The molecule has 0 saturated carbocycles. The molecule has 0 spiro atoms. The van der Waals surface area contributed by atoms with Gasteiger partial charge in [0.15, 0.2) is 12.0 Å². The van der Waals surface area contributed by atoms with Crippen molar-refractivity contribution < 1.29 is 8.78 Å². The summed E-state index contributed by atoms with van der Waals surface area (Å²) in [6.07, 6.45) is -0.894. The van der Waals surface area contributed by atoms with E-state index in [2.05, 4.69) is 10.1 Å². The van der Waals surface area contributed by atoms with Gasteiger partial charge in [0.25, 0.3) is 0 Å². The molecule has 3 nitrogen and oxygen atoms in total. The lowest BCUT2D eigenvalue weighted by Crippen LogP contribution is -2.07. The topological polar surface area (TPSA) is 33.6 Å². The molecule has 17 heavy (non-hydrogen) atoms. The van der Waals surface area contributed by atoms with Crippen molar-refractivity contribution in [1.29, 1.82) is 0 Å². The summed E-state index contributed by atoms with van der Waals surface area (Å²) in [4.78, 5) is 3.92. The predicted octanol–water partition coefficient (Wildman–Crippen LogP) is 3.08. The van der Waals surface area contributed by atoms with Gasteiger partial charge in [-0.25, -0.2) is 13.8 Å². The van der Waals surface area contributed by atoms with Crippen molar-refractivity contribution in [2.45, 2.75) is 18.6 Å². The molecule has 2 aromatic rings. The average Bonchev–Trinajstić information content (AvgIpc) is 2.79. The number of benzene rings is 1. The zero-order chi connectivity index (χ0) is 12.0. The summed E-state index contributed by atoms with van der Waals surface area (Å²) in [5.41, 5.74) is 0.718. The van der Waals surface area contributed by atoms with E-state index in [0.717, 1.165) is 5.56 Å². The van der Waals surface area contributed by atoms with E-state index in [0.29, 0.717) is 5.82 Å². The van der Waals surface area contributed by atoms with Crippen LogP contribution >= 0.6 is 12.2 Å². The summed E-state index contributed by atoms with van der Waals surface area (Å²) in [6.45, 7) is 0. The molecule has 1 aromatic heterocycles. The molecule has 2 unspecified atom stereocenters. The van der Waals surface area contributed by atoms with E-state index >= 15 is 0 Å². The van der Waals surface area contributed by atoms with Crippen molar-refractivity contribution in [2.24, 2.45) is 0 Å². The van der Waals surface area contributed by atoms with Crippen LogP contribution in [0.1, 0.15) is 30.0 Å². The first-order valence-corrected chi connectivity index (χ1v) is 5.64. The molecule has 2 atom stereocenters. The lowest BCUT2D eigenvalue weighted by molar-refractivity contribution is 0.328. The van der Waals surface area contributed by atoms with Crippen molar-refractivity contribution in [3.05, 3.63) is 46.2 Å². The van der Waals surface area contributed by atoms with Crippen LogP contribution in [0.25, 0.3) is 0 Å². The van der Waals surface area contributed by atoms with Crippen LogP contribution in [-0.2, 0) is 0 Å². The summed E-state index contributed by atoms with van der Waals surface area (Å²) in [7, 11) is 0. The van der Waals surface area contributed by atoms with E-state index in [-0.39, 0.29) is 23.1 Å². The third-order valence-electron chi connectivity index (χ3n) is 2.93. The van der Waals surface area contributed by atoms with Crippen molar-refractivity contribution >= 4 is 12.2 Å². The zero-order valence-electron chi connectivity index (χ0n) is 8.73. The normalized spacial score (nSPS) is 22.7. The molecule has 0 aliphatic carbocycles. The molecule has 0 amide bonds. The number of nitrogens with one attached hydrogen (secondary N) is 1. The highest BCUT2D eigenvalue weighted by Gasteiger charge is 2.33. The molecule has 1 aliphatic rings. The smallest absolute Gasteiger partial charge is 0.213 e. The maximum absolute atomic E-state index is 13.7. The van der Waals surface area contributed by atoms with Gasteiger partial charge in [-0.05, 0) is 29.9 Å². The number of rotatable bonds is 1. The number of hydrogen-bond donors (Lipinski definition) is 1. The van der Waals surface area contributed by atoms with Gasteiger partial charge in [-0.3, -0.25) is 9.78 Å². The van der Waals surface area contributed by atoms with Crippen LogP contribution in [0, 0.1) is 10.6 Å². The molecule has 1 aliphatic heterocycles. The van der Waals surface area contributed by atoms with Gasteiger partial charge in [0, 0.05) is 6.42 Å². The third kappa shape index (κ3) is 1.68. The van der Waals surface area contributed by atoms with E-state index in [1.807, 2.05) is 0 Å². The van der Waals surface area contributed by atoms with Gasteiger partial charge in [-0.15, -0.1) is 0 Å². The molecule has 0 saturated heterocycles. The Labute approximate surface area is 101 Å². The van der Waals surface area contributed by atoms with E-state index in [1.165, 1.54) is 12.1 Å². The minimum atomic E-state index is -1.16. The largest absolute Gasteiger partial charge is 0.270 e. The first-order chi connectivity index (χ1) is 8.15. The van der Waals surface area contributed by atoms with Gasteiger partial charge in [0.1, 0.15) is 5.82 Å². The minimum Gasteiger partial charge on any atom is -0.270 e. The number of hydrogen-bond acceptors (Lipinski definition) is 2. The third-order valence-corrected chi connectivity index (χ3v) is 3.12. The Hall–Kier alpha value is -1.56. The Kier molecular flexibility index (Phi) is 2.32. The number of aromatic nitrogens is 3. The fraction of sp³-hybridized carbons (Fsp3) is 0.273. The Morgan fingerprint density at radius 3 is 3.06 bits per heavy atom. The Morgan fingerprint density at radius 1 is 1.47 bits per heavy atom. The van der Waals surface area contributed by atoms with Crippen LogP contribution in [-0.4, -0.2) is 14.8 Å². The number of alkyl halides is 1. The SMILES string of the molecule is Fc1cccc(C2CC(F)c3nc(=S)[nH]n32)c1. The molecule has 6 heteroatoms. The van der Waals surface area contributed by atoms with Crippen LogP contribution in [0.2, 0.25) is 0 Å². The fourth-order valence-electron chi connectivity index (χ4n) is 2.21. The molecular formula is C11H9F2N3S. The lowest BCUT2D eigenvalue weighted by atomic mass is 10.0. The van der Waals surface area contributed by atoms with E-state index < -0.39 is 6.17 Å². The van der Waals surface area contributed by atoms with Crippen LogP contribution in [0.5, 0.6) is 0 Å². The summed E-state index contributed by atoms with van der Waals surface area (Å²) in [6, 6.07) is 5.89. The highest BCUT2D eigenvalue weighted by Crippen LogP contribution is 2.38. The Morgan fingerprint density at radius 2 is 2.29 bits per heavy atom. The molecule has 88 valence electrons. The summed E-state index contributed by atoms with van der Waals surface area (Å²) >= 11 is 4.87. The molecule has 3 rings (SSSR count). The number of nitrogens with zero attached hydrogens (tertiary/aromatic N) is 2. The predicted molar refractivity (Wildman–Crippen MR) is 60.4 cm³/mol. The summed E-state index contributed by atoms with van der Waals surface area (Å²) < 4.78 is 28.7. The van der Waals surface area contributed by atoms with Crippen LogP contribution in [0.3, 0.4) is 0 Å². The first-order valence-electron chi connectivity index (χ1n) is 5.23. The molecular weight excluding hydrogens is 244 g/mol. The highest BCUT2D eigenvalue weighted by atomic mass is 32.1. The Balaban J connectivity index is 2.09. The molecule has 2 heterocycles. The second-order valence-corrected chi connectivity index (χ2v) is 4.42. The molecule has 0 radical (unpaired) electrons. The van der Waals surface area contributed by atoms with Gasteiger partial charge in [0.05, 0.1) is 6.04 Å². The average molecular weight is 253 g/mol. The molecule has 0 bridgehead atoms. The van der Waals surface area contributed by atoms with Gasteiger partial charge in [0.2, 0.25) is 4.77 Å². The minimum absolute atomic E-state index is 0.253. The van der Waals surface area contributed by atoms with Crippen molar-refractivity contribution in [1.82, 2.24) is 14.8 Å². The van der Waals surface area contributed by atoms with Crippen molar-refractivity contribution in [3.63, 3.8) is 0 Å². The second-order valence-electron chi connectivity index (χ2n) is 4.03. The highest BCUT2D eigenvalue weighted by molar-refractivity contribution is 7.71. The number of H-pyrrole nitrogens is 1. The van der Waals surface area contributed by atoms with E-state index in [1.54, 1.807) is 16.8 Å². The maximum Gasteiger partial charge on any atom is 0.213 e. The van der Waals surface area contributed by atoms with Crippen molar-refractivity contribution in [3.8, 4) is 0 Å². The first kappa shape index (κ1) is 10.6. The quantitative estimate of drug-likeness (QED) is 0.792. The molecule has 1 aromatic carbocycles. The second kappa shape index (κ2) is 3.73.